The van der Waals surface area contributed by atoms with Crippen LogP contribution in [0.3, 0.4) is 0 Å². The molecule has 1 N–H and O–H groups in total. The summed E-state index contributed by atoms with van der Waals surface area (Å²) in [5.41, 5.74) is 2.35. The fourth-order valence-electron chi connectivity index (χ4n) is 2.32. The summed E-state index contributed by atoms with van der Waals surface area (Å²) in [6.45, 7) is 1.89. The van der Waals surface area contributed by atoms with E-state index in [9.17, 15) is 4.79 Å². The average Bonchev–Trinajstić information content (AvgIpc) is 3.21. The molecule has 1 amide bonds. The highest BCUT2D eigenvalue weighted by Gasteiger charge is 2.45. The van der Waals surface area contributed by atoms with Gasteiger partial charge in [-0.3, -0.25) is 4.79 Å². The molecular weight excluding hydrogens is 236 g/mol. The lowest BCUT2D eigenvalue weighted by molar-refractivity contribution is 0.0925. The van der Waals surface area contributed by atoms with Crippen LogP contribution in [0.2, 0.25) is 0 Å². The smallest absolute Gasteiger partial charge is 0.270 e. The van der Waals surface area contributed by atoms with Gasteiger partial charge in [0, 0.05) is 5.69 Å². The lowest BCUT2D eigenvalue weighted by Crippen LogP contribution is -2.35. The first-order chi connectivity index (χ1) is 9.20. The SMILES string of the molecule is Cc1cccc(C(=O)NC2(c3ccccc3)CC2)n1. The predicted molar refractivity (Wildman–Crippen MR) is 73.8 cm³/mol. The minimum atomic E-state index is -0.177. The number of carbonyl (C=O) groups is 1. The summed E-state index contributed by atoms with van der Waals surface area (Å²) < 4.78 is 0. The van der Waals surface area contributed by atoms with Crippen LogP contribution in [0.15, 0.2) is 48.5 Å². The van der Waals surface area contributed by atoms with Crippen LogP contribution in [0.4, 0.5) is 0 Å². The second-order valence-electron chi connectivity index (χ2n) is 5.07. The normalized spacial score (nSPS) is 15.8. The van der Waals surface area contributed by atoms with Crippen molar-refractivity contribution in [3.05, 3.63) is 65.5 Å². The molecule has 0 bridgehead atoms. The van der Waals surface area contributed by atoms with E-state index in [1.54, 1.807) is 6.07 Å². The quantitative estimate of drug-likeness (QED) is 0.912. The molecule has 0 atom stereocenters. The topological polar surface area (TPSA) is 42.0 Å². The number of aryl methyl sites for hydroxylation is 1. The lowest BCUT2D eigenvalue weighted by Gasteiger charge is -2.17. The van der Waals surface area contributed by atoms with E-state index in [2.05, 4.69) is 22.4 Å². The third kappa shape index (κ3) is 2.36. The highest BCUT2D eigenvalue weighted by atomic mass is 16.2. The second kappa shape index (κ2) is 4.50. The van der Waals surface area contributed by atoms with Gasteiger partial charge in [0.1, 0.15) is 5.69 Å². The molecule has 0 spiro atoms. The maximum atomic E-state index is 12.3. The van der Waals surface area contributed by atoms with Crippen LogP contribution in [0.25, 0.3) is 0 Å². The minimum Gasteiger partial charge on any atom is -0.341 e. The number of pyridine rings is 1. The van der Waals surface area contributed by atoms with Crippen LogP contribution < -0.4 is 5.32 Å². The van der Waals surface area contributed by atoms with Crippen LogP contribution in [0, 0.1) is 6.92 Å². The van der Waals surface area contributed by atoms with Gasteiger partial charge in [-0.15, -0.1) is 0 Å². The molecule has 3 heteroatoms. The van der Waals surface area contributed by atoms with E-state index in [1.807, 2.05) is 37.3 Å². The molecule has 1 fully saturated rings. The third-order valence-corrected chi connectivity index (χ3v) is 3.55. The van der Waals surface area contributed by atoms with E-state index in [0.29, 0.717) is 5.69 Å². The van der Waals surface area contributed by atoms with Crippen molar-refractivity contribution in [3.8, 4) is 0 Å². The van der Waals surface area contributed by atoms with Gasteiger partial charge in [-0.25, -0.2) is 4.98 Å². The van der Waals surface area contributed by atoms with Crippen LogP contribution in [0.1, 0.15) is 34.6 Å². The van der Waals surface area contributed by atoms with Crippen LogP contribution in [-0.4, -0.2) is 10.9 Å². The standard InChI is InChI=1S/C16H16N2O/c1-12-6-5-9-14(17-12)15(19)18-16(10-11-16)13-7-3-2-4-8-13/h2-9H,10-11H2,1H3,(H,18,19). The Morgan fingerprint density at radius 1 is 1.11 bits per heavy atom. The molecule has 2 aromatic rings. The summed E-state index contributed by atoms with van der Waals surface area (Å²) in [5.74, 6) is -0.0925. The third-order valence-electron chi connectivity index (χ3n) is 3.55. The van der Waals surface area contributed by atoms with Crippen LogP contribution in [0.5, 0.6) is 0 Å². The molecule has 96 valence electrons. The average molecular weight is 252 g/mol. The Labute approximate surface area is 112 Å². The van der Waals surface area contributed by atoms with Crippen LogP contribution in [-0.2, 0) is 5.54 Å². The molecule has 3 rings (SSSR count). The van der Waals surface area contributed by atoms with E-state index in [4.69, 9.17) is 0 Å². The van der Waals surface area contributed by atoms with E-state index in [-0.39, 0.29) is 11.4 Å². The van der Waals surface area contributed by atoms with Crippen molar-refractivity contribution in [2.24, 2.45) is 0 Å². The van der Waals surface area contributed by atoms with Crippen molar-refractivity contribution in [1.29, 1.82) is 0 Å². The highest BCUT2D eigenvalue weighted by Crippen LogP contribution is 2.45. The first kappa shape index (κ1) is 11.9. The minimum absolute atomic E-state index is 0.0925. The van der Waals surface area contributed by atoms with Gasteiger partial charge in [0.25, 0.3) is 5.91 Å². The molecule has 1 heterocycles. The zero-order valence-electron chi connectivity index (χ0n) is 10.9. The Kier molecular flexibility index (Phi) is 2.82. The van der Waals surface area contributed by atoms with Gasteiger partial charge in [-0.2, -0.15) is 0 Å². The molecular formula is C16H16N2O. The number of hydrogen-bond donors (Lipinski definition) is 1. The van der Waals surface area contributed by atoms with Gasteiger partial charge in [0.15, 0.2) is 0 Å². The number of aromatic nitrogens is 1. The molecule has 1 saturated carbocycles. The Bertz CT molecular complexity index is 603. The van der Waals surface area contributed by atoms with Gasteiger partial charge in [0.05, 0.1) is 5.54 Å². The largest absolute Gasteiger partial charge is 0.341 e. The van der Waals surface area contributed by atoms with E-state index < -0.39 is 0 Å². The molecule has 1 aliphatic carbocycles. The second-order valence-corrected chi connectivity index (χ2v) is 5.07. The zero-order valence-corrected chi connectivity index (χ0v) is 10.9. The molecule has 0 radical (unpaired) electrons. The fourth-order valence-corrected chi connectivity index (χ4v) is 2.32. The number of hydrogen-bond acceptors (Lipinski definition) is 2. The summed E-state index contributed by atoms with van der Waals surface area (Å²) >= 11 is 0. The summed E-state index contributed by atoms with van der Waals surface area (Å²) in [6.07, 6.45) is 1.99. The molecule has 0 aliphatic heterocycles. The number of amides is 1. The first-order valence-electron chi connectivity index (χ1n) is 6.51. The summed E-state index contributed by atoms with van der Waals surface area (Å²) in [4.78, 5) is 16.5. The van der Waals surface area contributed by atoms with E-state index in [1.165, 1.54) is 5.56 Å². The van der Waals surface area contributed by atoms with Gasteiger partial charge in [0.2, 0.25) is 0 Å². The van der Waals surface area contributed by atoms with Crippen molar-refractivity contribution in [3.63, 3.8) is 0 Å². The number of benzene rings is 1. The lowest BCUT2D eigenvalue weighted by atomic mass is 10.0. The number of carbonyl (C=O) groups excluding carboxylic acids is 1. The molecule has 0 saturated heterocycles. The van der Waals surface area contributed by atoms with E-state index in [0.717, 1.165) is 18.5 Å². The van der Waals surface area contributed by atoms with Crippen LogP contribution >= 0.6 is 0 Å². The maximum Gasteiger partial charge on any atom is 0.270 e. The molecule has 19 heavy (non-hydrogen) atoms. The zero-order chi connectivity index (χ0) is 13.3. The Hall–Kier alpha value is -2.16. The number of nitrogens with zero attached hydrogens (tertiary/aromatic N) is 1. The van der Waals surface area contributed by atoms with Crippen molar-refractivity contribution < 1.29 is 4.79 Å². The van der Waals surface area contributed by atoms with Gasteiger partial charge in [-0.1, -0.05) is 36.4 Å². The van der Waals surface area contributed by atoms with E-state index >= 15 is 0 Å². The summed E-state index contributed by atoms with van der Waals surface area (Å²) in [6, 6.07) is 15.6. The summed E-state index contributed by atoms with van der Waals surface area (Å²) in [7, 11) is 0. The molecule has 1 aliphatic rings. The summed E-state index contributed by atoms with van der Waals surface area (Å²) in [5, 5.41) is 3.13. The van der Waals surface area contributed by atoms with Gasteiger partial charge in [-0.05, 0) is 37.5 Å². The van der Waals surface area contributed by atoms with Gasteiger partial charge < -0.3 is 5.32 Å². The Morgan fingerprint density at radius 2 is 1.84 bits per heavy atom. The van der Waals surface area contributed by atoms with Gasteiger partial charge >= 0.3 is 0 Å². The maximum absolute atomic E-state index is 12.3. The molecule has 1 aromatic heterocycles. The first-order valence-corrected chi connectivity index (χ1v) is 6.51. The number of nitrogens with one attached hydrogen (secondary N) is 1. The van der Waals surface area contributed by atoms with Crippen molar-refractivity contribution in [1.82, 2.24) is 10.3 Å². The Morgan fingerprint density at radius 3 is 2.47 bits per heavy atom. The monoisotopic (exact) mass is 252 g/mol. The molecule has 1 aromatic carbocycles. The predicted octanol–water partition coefficient (Wildman–Crippen LogP) is 2.81. The molecule has 0 unspecified atom stereocenters. The Balaban J connectivity index is 1.81. The molecule has 3 nitrogen and oxygen atoms in total. The number of rotatable bonds is 3. The van der Waals surface area contributed by atoms with Crippen molar-refractivity contribution >= 4 is 5.91 Å². The van der Waals surface area contributed by atoms with Crippen molar-refractivity contribution in [2.75, 3.05) is 0 Å². The highest BCUT2D eigenvalue weighted by molar-refractivity contribution is 5.93. The fraction of sp³-hybridized carbons (Fsp3) is 0.250. The van der Waals surface area contributed by atoms with Crippen molar-refractivity contribution in [2.45, 2.75) is 25.3 Å².